The molecule has 1 aromatic rings. The Labute approximate surface area is 97.4 Å². The van der Waals surface area contributed by atoms with E-state index in [1.165, 1.54) is 0 Å². The summed E-state index contributed by atoms with van der Waals surface area (Å²) >= 11 is 3.30. The molecule has 0 aliphatic rings. The summed E-state index contributed by atoms with van der Waals surface area (Å²) in [6.45, 7) is 1.67. The summed E-state index contributed by atoms with van der Waals surface area (Å²) in [7, 11) is 0. The SMILES string of the molecule is CC(N)(CCCSc1nccs1)C(N)=O. The maximum atomic E-state index is 10.9. The van der Waals surface area contributed by atoms with Gasteiger partial charge in [-0.15, -0.1) is 11.3 Å². The number of carbonyl (C=O) groups is 1. The minimum atomic E-state index is -0.885. The van der Waals surface area contributed by atoms with Crippen LogP contribution in [0.15, 0.2) is 15.9 Å². The molecule has 0 bridgehead atoms. The number of rotatable bonds is 6. The standard InChI is InChI=1S/C9H15N3OS2/c1-9(11,7(10)13)3-2-5-14-8-12-4-6-15-8/h4,6H,2-3,5,11H2,1H3,(H2,10,13). The lowest BCUT2D eigenvalue weighted by Gasteiger charge is -2.19. The van der Waals surface area contributed by atoms with Gasteiger partial charge in [-0.25, -0.2) is 4.98 Å². The third-order valence-electron chi connectivity index (χ3n) is 2.04. The Hall–Kier alpha value is -0.590. The van der Waals surface area contributed by atoms with Gasteiger partial charge in [0, 0.05) is 17.3 Å². The van der Waals surface area contributed by atoms with Gasteiger partial charge in [-0.1, -0.05) is 11.8 Å². The van der Waals surface area contributed by atoms with Crippen molar-refractivity contribution in [1.29, 1.82) is 0 Å². The average molecular weight is 245 g/mol. The van der Waals surface area contributed by atoms with E-state index in [2.05, 4.69) is 4.98 Å². The van der Waals surface area contributed by atoms with Gasteiger partial charge in [-0.05, 0) is 19.8 Å². The zero-order chi connectivity index (χ0) is 11.3. The molecule has 0 saturated carbocycles. The Bertz CT molecular complexity index is 311. The summed E-state index contributed by atoms with van der Waals surface area (Å²) in [6.07, 6.45) is 3.25. The van der Waals surface area contributed by atoms with E-state index in [0.29, 0.717) is 6.42 Å². The number of primary amides is 1. The highest BCUT2D eigenvalue weighted by molar-refractivity contribution is 8.00. The molecule has 1 rings (SSSR count). The molecule has 6 heteroatoms. The zero-order valence-corrected chi connectivity index (χ0v) is 10.2. The van der Waals surface area contributed by atoms with Crippen molar-refractivity contribution < 1.29 is 4.79 Å². The fourth-order valence-electron chi connectivity index (χ4n) is 1.00. The summed E-state index contributed by atoms with van der Waals surface area (Å²) in [5.41, 5.74) is 10.0. The molecule has 0 saturated heterocycles. The number of thiazole rings is 1. The van der Waals surface area contributed by atoms with Gasteiger partial charge in [0.15, 0.2) is 0 Å². The molecule has 1 atom stereocenters. The number of carbonyl (C=O) groups excluding carboxylic acids is 1. The molecule has 0 radical (unpaired) electrons. The summed E-state index contributed by atoms with van der Waals surface area (Å²) in [5.74, 6) is 0.467. The molecule has 0 spiro atoms. The molecule has 15 heavy (non-hydrogen) atoms. The highest BCUT2D eigenvalue weighted by Gasteiger charge is 2.24. The zero-order valence-electron chi connectivity index (χ0n) is 8.60. The number of amides is 1. The first-order valence-electron chi connectivity index (χ1n) is 4.63. The predicted octanol–water partition coefficient (Wildman–Crippen LogP) is 1.22. The Morgan fingerprint density at radius 3 is 3.00 bits per heavy atom. The van der Waals surface area contributed by atoms with E-state index in [0.717, 1.165) is 16.5 Å². The van der Waals surface area contributed by atoms with Crippen molar-refractivity contribution in [3.8, 4) is 0 Å². The minimum Gasteiger partial charge on any atom is -0.368 e. The van der Waals surface area contributed by atoms with Gasteiger partial charge in [0.05, 0.1) is 5.54 Å². The maximum absolute atomic E-state index is 10.9. The first-order valence-corrected chi connectivity index (χ1v) is 6.50. The van der Waals surface area contributed by atoms with E-state index in [1.807, 2.05) is 5.38 Å². The van der Waals surface area contributed by atoms with Gasteiger partial charge >= 0.3 is 0 Å². The fraction of sp³-hybridized carbons (Fsp3) is 0.556. The molecule has 1 amide bonds. The summed E-state index contributed by atoms with van der Waals surface area (Å²) < 4.78 is 1.05. The van der Waals surface area contributed by atoms with Crippen molar-refractivity contribution in [1.82, 2.24) is 4.98 Å². The predicted molar refractivity (Wildman–Crippen MR) is 63.9 cm³/mol. The number of hydrogen-bond donors (Lipinski definition) is 2. The van der Waals surface area contributed by atoms with Crippen LogP contribution in [-0.2, 0) is 4.79 Å². The normalized spacial score (nSPS) is 14.8. The first kappa shape index (κ1) is 12.5. The average Bonchev–Trinajstić information content (AvgIpc) is 2.64. The largest absolute Gasteiger partial charge is 0.368 e. The lowest BCUT2D eigenvalue weighted by molar-refractivity contribution is -0.122. The quantitative estimate of drug-likeness (QED) is 0.583. The molecule has 0 aliphatic heterocycles. The summed E-state index contributed by atoms with van der Waals surface area (Å²) in [4.78, 5) is 15.1. The molecule has 1 heterocycles. The van der Waals surface area contributed by atoms with Crippen LogP contribution in [0.25, 0.3) is 0 Å². The van der Waals surface area contributed by atoms with Crippen LogP contribution in [-0.4, -0.2) is 22.2 Å². The Morgan fingerprint density at radius 1 is 1.73 bits per heavy atom. The second kappa shape index (κ2) is 5.48. The van der Waals surface area contributed by atoms with E-state index >= 15 is 0 Å². The van der Waals surface area contributed by atoms with E-state index < -0.39 is 11.4 Å². The molecule has 0 aromatic carbocycles. The van der Waals surface area contributed by atoms with Gasteiger partial charge in [0.2, 0.25) is 5.91 Å². The molecule has 1 unspecified atom stereocenters. The van der Waals surface area contributed by atoms with Crippen LogP contribution in [0, 0.1) is 0 Å². The molecule has 0 aliphatic carbocycles. The van der Waals surface area contributed by atoms with Crippen molar-refractivity contribution in [2.75, 3.05) is 5.75 Å². The topological polar surface area (TPSA) is 82.0 Å². The molecular weight excluding hydrogens is 230 g/mol. The molecule has 1 aromatic heterocycles. The van der Waals surface area contributed by atoms with Crippen LogP contribution in [0.4, 0.5) is 0 Å². The number of aromatic nitrogens is 1. The molecule has 4 nitrogen and oxygen atoms in total. The lowest BCUT2D eigenvalue weighted by Crippen LogP contribution is -2.49. The maximum Gasteiger partial charge on any atom is 0.237 e. The second-order valence-electron chi connectivity index (χ2n) is 3.53. The molecular formula is C9H15N3OS2. The summed E-state index contributed by atoms with van der Waals surface area (Å²) in [6, 6.07) is 0. The number of thioether (sulfide) groups is 1. The smallest absolute Gasteiger partial charge is 0.237 e. The second-order valence-corrected chi connectivity index (χ2v) is 5.77. The molecule has 4 N–H and O–H groups in total. The van der Waals surface area contributed by atoms with E-state index in [1.54, 1.807) is 36.2 Å². The Kier molecular flexibility index (Phi) is 4.56. The number of hydrogen-bond acceptors (Lipinski definition) is 5. The summed E-state index contributed by atoms with van der Waals surface area (Å²) in [5, 5.41) is 1.94. The minimum absolute atomic E-state index is 0.443. The van der Waals surface area contributed by atoms with Crippen LogP contribution >= 0.6 is 23.1 Å². The Morgan fingerprint density at radius 2 is 2.47 bits per heavy atom. The van der Waals surface area contributed by atoms with E-state index in [9.17, 15) is 4.79 Å². The third kappa shape index (κ3) is 4.19. The highest BCUT2D eigenvalue weighted by atomic mass is 32.2. The fourth-order valence-corrected chi connectivity index (χ4v) is 2.65. The van der Waals surface area contributed by atoms with Crippen LogP contribution in [0.5, 0.6) is 0 Å². The van der Waals surface area contributed by atoms with Crippen LogP contribution in [0.2, 0.25) is 0 Å². The van der Waals surface area contributed by atoms with Crippen molar-refractivity contribution in [3.05, 3.63) is 11.6 Å². The van der Waals surface area contributed by atoms with Gasteiger partial charge in [0.1, 0.15) is 4.34 Å². The molecule has 0 fully saturated rings. The third-order valence-corrected chi connectivity index (χ3v) is 4.09. The molecule has 84 valence electrons. The van der Waals surface area contributed by atoms with Crippen LogP contribution < -0.4 is 11.5 Å². The number of nitrogens with two attached hydrogens (primary N) is 2. The number of nitrogens with zero attached hydrogens (tertiary/aromatic N) is 1. The van der Waals surface area contributed by atoms with Crippen molar-refractivity contribution >= 4 is 29.0 Å². The van der Waals surface area contributed by atoms with Gasteiger partial charge in [-0.3, -0.25) is 4.79 Å². The van der Waals surface area contributed by atoms with Crippen molar-refractivity contribution in [3.63, 3.8) is 0 Å². The van der Waals surface area contributed by atoms with Crippen molar-refractivity contribution in [2.24, 2.45) is 11.5 Å². The van der Waals surface area contributed by atoms with Gasteiger partial charge in [0.25, 0.3) is 0 Å². The van der Waals surface area contributed by atoms with E-state index in [4.69, 9.17) is 11.5 Å². The van der Waals surface area contributed by atoms with Crippen LogP contribution in [0.1, 0.15) is 19.8 Å². The van der Waals surface area contributed by atoms with Gasteiger partial charge < -0.3 is 11.5 Å². The monoisotopic (exact) mass is 245 g/mol. The van der Waals surface area contributed by atoms with Crippen LogP contribution in [0.3, 0.4) is 0 Å². The lowest BCUT2D eigenvalue weighted by atomic mass is 9.97. The van der Waals surface area contributed by atoms with Gasteiger partial charge in [-0.2, -0.15) is 0 Å². The Balaban J connectivity index is 2.19. The van der Waals surface area contributed by atoms with E-state index in [-0.39, 0.29) is 0 Å². The highest BCUT2D eigenvalue weighted by Crippen LogP contribution is 2.22. The van der Waals surface area contributed by atoms with Crippen molar-refractivity contribution in [2.45, 2.75) is 29.6 Å². The first-order chi connectivity index (χ1) is 7.02.